The van der Waals surface area contributed by atoms with E-state index in [1.165, 1.54) is 0 Å². The van der Waals surface area contributed by atoms with Crippen LogP contribution in [0.3, 0.4) is 0 Å². The van der Waals surface area contributed by atoms with E-state index in [2.05, 4.69) is 16.4 Å². The molecule has 2 aromatic heterocycles. The molecule has 0 saturated carbocycles. The van der Waals surface area contributed by atoms with E-state index in [0.717, 1.165) is 16.5 Å². The van der Waals surface area contributed by atoms with Gasteiger partial charge in [-0.3, -0.25) is 5.32 Å². The van der Waals surface area contributed by atoms with E-state index in [9.17, 15) is 4.79 Å². The van der Waals surface area contributed by atoms with Crippen LogP contribution in [0.5, 0.6) is 11.6 Å². The predicted octanol–water partition coefficient (Wildman–Crippen LogP) is 5.02. The largest absolute Gasteiger partial charge is 0.444 e. The number of rotatable bonds is 3. The van der Waals surface area contributed by atoms with Crippen molar-refractivity contribution in [2.75, 3.05) is 5.32 Å². The second-order valence-corrected chi connectivity index (χ2v) is 7.21. The number of amides is 1. The SMILES string of the molecule is Cc1cc(Oc2ccc3ccn(C)c3c2)ncc1NC(=O)OC(C)(C)C. The molecule has 0 atom stereocenters. The zero-order valence-electron chi connectivity index (χ0n) is 15.7. The molecule has 3 rings (SSSR count). The van der Waals surface area contributed by atoms with Gasteiger partial charge in [-0.1, -0.05) is 0 Å². The van der Waals surface area contributed by atoms with Crippen molar-refractivity contribution in [3.05, 3.63) is 48.3 Å². The Labute approximate surface area is 152 Å². The average Bonchev–Trinajstić information content (AvgIpc) is 2.89. The van der Waals surface area contributed by atoms with Crippen molar-refractivity contribution in [1.29, 1.82) is 0 Å². The van der Waals surface area contributed by atoms with E-state index in [4.69, 9.17) is 9.47 Å². The Morgan fingerprint density at radius 1 is 1.19 bits per heavy atom. The summed E-state index contributed by atoms with van der Waals surface area (Å²) in [6.07, 6.45) is 3.06. The number of carbonyl (C=O) groups excluding carboxylic acids is 1. The first kappa shape index (κ1) is 17.8. The van der Waals surface area contributed by atoms with Crippen molar-refractivity contribution in [2.24, 2.45) is 7.05 Å². The van der Waals surface area contributed by atoms with Gasteiger partial charge in [0.05, 0.1) is 17.4 Å². The van der Waals surface area contributed by atoms with Crippen LogP contribution in [0.1, 0.15) is 26.3 Å². The van der Waals surface area contributed by atoms with Crippen molar-refractivity contribution < 1.29 is 14.3 Å². The lowest BCUT2D eigenvalue weighted by Crippen LogP contribution is -2.27. The number of pyridine rings is 1. The summed E-state index contributed by atoms with van der Waals surface area (Å²) in [6, 6.07) is 9.72. The molecule has 0 saturated heterocycles. The lowest BCUT2D eigenvalue weighted by Gasteiger charge is -2.20. The number of aromatic nitrogens is 2. The van der Waals surface area contributed by atoms with Crippen LogP contribution in [-0.2, 0) is 11.8 Å². The lowest BCUT2D eigenvalue weighted by atomic mass is 10.2. The van der Waals surface area contributed by atoms with Crippen LogP contribution in [0, 0.1) is 6.92 Å². The Hall–Kier alpha value is -3.02. The summed E-state index contributed by atoms with van der Waals surface area (Å²) in [5.41, 5.74) is 1.96. The highest BCUT2D eigenvalue weighted by molar-refractivity contribution is 5.85. The standard InChI is InChI=1S/C20H23N3O3/c1-13-10-18(21-12-16(13)22-19(24)26-20(2,3)4)25-15-7-6-14-8-9-23(5)17(14)11-15/h6-12H,1-5H3,(H,22,24). The van der Waals surface area contributed by atoms with E-state index in [0.29, 0.717) is 17.3 Å². The number of ether oxygens (including phenoxy) is 2. The van der Waals surface area contributed by atoms with Gasteiger partial charge < -0.3 is 14.0 Å². The molecule has 0 aliphatic heterocycles. The van der Waals surface area contributed by atoms with Crippen LogP contribution < -0.4 is 10.1 Å². The maximum Gasteiger partial charge on any atom is 0.412 e. The maximum atomic E-state index is 11.9. The number of carbonyl (C=O) groups is 1. The minimum Gasteiger partial charge on any atom is -0.444 e. The molecule has 0 radical (unpaired) electrons. The number of nitrogens with one attached hydrogen (secondary N) is 1. The third kappa shape index (κ3) is 4.14. The van der Waals surface area contributed by atoms with Crippen LogP contribution in [0.15, 0.2) is 42.7 Å². The van der Waals surface area contributed by atoms with Crippen LogP contribution in [0.25, 0.3) is 10.9 Å². The number of anilines is 1. The molecular weight excluding hydrogens is 330 g/mol. The normalized spacial score (nSPS) is 11.4. The van der Waals surface area contributed by atoms with Gasteiger partial charge in [-0.2, -0.15) is 0 Å². The first-order chi connectivity index (χ1) is 12.2. The van der Waals surface area contributed by atoms with Gasteiger partial charge in [0.25, 0.3) is 0 Å². The minimum atomic E-state index is -0.552. The van der Waals surface area contributed by atoms with Gasteiger partial charge in [0.1, 0.15) is 11.4 Å². The third-order valence-corrected chi connectivity index (χ3v) is 3.80. The summed E-state index contributed by atoms with van der Waals surface area (Å²) in [7, 11) is 1.99. The molecule has 1 aromatic carbocycles. The fourth-order valence-corrected chi connectivity index (χ4v) is 2.56. The van der Waals surface area contributed by atoms with E-state index >= 15 is 0 Å². The van der Waals surface area contributed by atoms with Gasteiger partial charge in [-0.15, -0.1) is 0 Å². The smallest absolute Gasteiger partial charge is 0.412 e. The number of benzene rings is 1. The van der Waals surface area contributed by atoms with Crippen molar-refractivity contribution in [1.82, 2.24) is 9.55 Å². The van der Waals surface area contributed by atoms with Crippen molar-refractivity contribution in [2.45, 2.75) is 33.3 Å². The van der Waals surface area contributed by atoms with Crippen LogP contribution in [0.2, 0.25) is 0 Å². The van der Waals surface area contributed by atoms with Crippen molar-refractivity contribution in [3.8, 4) is 11.6 Å². The molecule has 3 aromatic rings. The first-order valence-electron chi connectivity index (χ1n) is 8.41. The summed E-state index contributed by atoms with van der Waals surface area (Å²) < 4.78 is 13.2. The molecule has 0 bridgehead atoms. The van der Waals surface area contributed by atoms with Crippen molar-refractivity contribution >= 4 is 22.7 Å². The molecule has 136 valence electrons. The van der Waals surface area contributed by atoms with E-state index in [1.54, 1.807) is 12.3 Å². The number of hydrogen-bond acceptors (Lipinski definition) is 4. The Morgan fingerprint density at radius 3 is 2.65 bits per heavy atom. The summed E-state index contributed by atoms with van der Waals surface area (Å²) in [5.74, 6) is 1.17. The number of aryl methyl sites for hydroxylation is 2. The van der Waals surface area contributed by atoms with Gasteiger partial charge in [-0.05, 0) is 56.8 Å². The zero-order chi connectivity index (χ0) is 18.9. The van der Waals surface area contributed by atoms with Crippen LogP contribution in [-0.4, -0.2) is 21.2 Å². The molecule has 26 heavy (non-hydrogen) atoms. The van der Waals surface area contributed by atoms with Gasteiger partial charge in [0.2, 0.25) is 5.88 Å². The molecule has 0 fully saturated rings. The molecule has 1 amide bonds. The van der Waals surface area contributed by atoms with Crippen LogP contribution in [0.4, 0.5) is 10.5 Å². The predicted molar refractivity (Wildman–Crippen MR) is 102 cm³/mol. The Morgan fingerprint density at radius 2 is 1.96 bits per heavy atom. The second kappa shape index (κ2) is 6.71. The second-order valence-electron chi connectivity index (χ2n) is 7.21. The van der Waals surface area contributed by atoms with Gasteiger partial charge in [0, 0.05) is 25.4 Å². The molecule has 1 N–H and O–H groups in total. The lowest BCUT2D eigenvalue weighted by molar-refractivity contribution is 0.0635. The Kier molecular flexibility index (Phi) is 4.59. The van der Waals surface area contributed by atoms with E-state index in [1.807, 2.05) is 63.7 Å². The number of hydrogen-bond donors (Lipinski definition) is 1. The average molecular weight is 353 g/mol. The molecular formula is C20H23N3O3. The molecule has 0 unspecified atom stereocenters. The summed E-state index contributed by atoms with van der Waals surface area (Å²) in [4.78, 5) is 16.2. The fourth-order valence-electron chi connectivity index (χ4n) is 2.56. The highest BCUT2D eigenvalue weighted by Gasteiger charge is 2.17. The zero-order valence-corrected chi connectivity index (χ0v) is 15.7. The Balaban J connectivity index is 1.74. The molecule has 2 heterocycles. The summed E-state index contributed by atoms with van der Waals surface area (Å²) in [5, 5.41) is 3.86. The minimum absolute atomic E-state index is 0.464. The van der Waals surface area contributed by atoms with Crippen LogP contribution >= 0.6 is 0 Å². The monoisotopic (exact) mass is 353 g/mol. The topological polar surface area (TPSA) is 65.4 Å². The fraction of sp³-hybridized carbons (Fsp3) is 0.300. The van der Waals surface area contributed by atoms with E-state index < -0.39 is 11.7 Å². The van der Waals surface area contributed by atoms with Gasteiger partial charge in [-0.25, -0.2) is 9.78 Å². The highest BCUT2D eigenvalue weighted by atomic mass is 16.6. The molecule has 0 aliphatic rings. The van der Waals surface area contributed by atoms with E-state index in [-0.39, 0.29) is 0 Å². The maximum absolute atomic E-state index is 11.9. The number of nitrogens with zero attached hydrogens (tertiary/aromatic N) is 2. The molecule has 0 aliphatic carbocycles. The van der Waals surface area contributed by atoms with Gasteiger partial charge in [0.15, 0.2) is 0 Å². The summed E-state index contributed by atoms with van der Waals surface area (Å²) in [6.45, 7) is 7.33. The molecule has 0 spiro atoms. The highest BCUT2D eigenvalue weighted by Crippen LogP contribution is 2.27. The molecule has 6 nitrogen and oxygen atoms in total. The van der Waals surface area contributed by atoms with Gasteiger partial charge >= 0.3 is 6.09 Å². The Bertz CT molecular complexity index is 955. The quantitative estimate of drug-likeness (QED) is 0.718. The first-order valence-corrected chi connectivity index (χ1v) is 8.41. The molecule has 6 heteroatoms. The number of fused-ring (bicyclic) bond motifs is 1. The van der Waals surface area contributed by atoms with Crippen molar-refractivity contribution in [3.63, 3.8) is 0 Å². The third-order valence-electron chi connectivity index (χ3n) is 3.80. The summed E-state index contributed by atoms with van der Waals surface area (Å²) >= 11 is 0.